The first-order valence-corrected chi connectivity index (χ1v) is 11.4. The second-order valence-corrected chi connectivity index (χ2v) is 8.12. The Labute approximate surface area is 200 Å². The molecule has 0 aliphatic carbocycles. The van der Waals surface area contributed by atoms with Gasteiger partial charge in [0.05, 0.1) is 6.10 Å². The Bertz CT molecular complexity index is 666. The van der Waals surface area contributed by atoms with E-state index in [1.54, 1.807) is 0 Å². The van der Waals surface area contributed by atoms with Crippen LogP contribution in [0.5, 0.6) is 0 Å². The molecule has 0 aliphatic rings. The molecule has 0 aromatic heterocycles. The van der Waals surface area contributed by atoms with E-state index in [-0.39, 0.29) is 19.4 Å². The van der Waals surface area contributed by atoms with E-state index < -0.39 is 54.2 Å². The highest BCUT2D eigenvalue weighted by Crippen LogP contribution is 2.21. The standard InChI is InChI=1S/C23H39NO10/c1-15(25)31-14-22(30-5)13-21(34-18(4)28)9-6-8-19(32-16(2)26)12-20(33-17(3)27)10-7-11-23(24)29/h19-22H,6-14H2,1-5H3,(H2,24,29)/t19?,20?,21-,22-/m0/s1. The Kier molecular flexibility index (Phi) is 16.3. The lowest BCUT2D eigenvalue weighted by Gasteiger charge is -2.25. The van der Waals surface area contributed by atoms with Crippen molar-refractivity contribution in [2.75, 3.05) is 13.7 Å². The maximum Gasteiger partial charge on any atom is 0.302 e. The topological polar surface area (TPSA) is 158 Å². The van der Waals surface area contributed by atoms with E-state index >= 15 is 0 Å². The molecule has 0 aromatic rings. The molecule has 0 spiro atoms. The number of hydrogen-bond donors (Lipinski definition) is 1. The predicted molar refractivity (Wildman–Crippen MR) is 120 cm³/mol. The number of hydrogen-bond acceptors (Lipinski definition) is 10. The van der Waals surface area contributed by atoms with Gasteiger partial charge in [-0.2, -0.15) is 0 Å². The third-order valence-electron chi connectivity index (χ3n) is 4.86. The lowest BCUT2D eigenvalue weighted by Crippen LogP contribution is -2.29. The molecule has 0 bridgehead atoms. The number of primary amides is 1. The van der Waals surface area contributed by atoms with Gasteiger partial charge in [-0.1, -0.05) is 0 Å². The van der Waals surface area contributed by atoms with Gasteiger partial charge >= 0.3 is 23.9 Å². The molecule has 0 aliphatic heterocycles. The summed E-state index contributed by atoms with van der Waals surface area (Å²) in [5.41, 5.74) is 5.17. The normalized spacial score (nSPS) is 14.3. The monoisotopic (exact) mass is 489 g/mol. The van der Waals surface area contributed by atoms with Crippen molar-refractivity contribution in [1.29, 1.82) is 0 Å². The van der Waals surface area contributed by atoms with Gasteiger partial charge in [0.15, 0.2) is 0 Å². The fourth-order valence-corrected chi connectivity index (χ4v) is 3.48. The molecule has 34 heavy (non-hydrogen) atoms. The third kappa shape index (κ3) is 17.8. The molecule has 0 saturated carbocycles. The van der Waals surface area contributed by atoms with Gasteiger partial charge in [0.2, 0.25) is 5.91 Å². The van der Waals surface area contributed by atoms with Crippen LogP contribution in [0.2, 0.25) is 0 Å². The molecule has 11 nitrogen and oxygen atoms in total. The summed E-state index contributed by atoms with van der Waals surface area (Å²) in [5.74, 6) is -2.28. The van der Waals surface area contributed by atoms with Crippen molar-refractivity contribution >= 4 is 29.8 Å². The summed E-state index contributed by atoms with van der Waals surface area (Å²) in [5, 5.41) is 0. The Morgan fingerprint density at radius 2 is 1.06 bits per heavy atom. The quantitative estimate of drug-likeness (QED) is 0.223. The first-order valence-electron chi connectivity index (χ1n) is 11.4. The molecular formula is C23H39NO10. The summed E-state index contributed by atoms with van der Waals surface area (Å²) in [6.45, 7) is 5.21. The van der Waals surface area contributed by atoms with Crippen LogP contribution < -0.4 is 5.73 Å². The molecule has 196 valence electrons. The minimum absolute atomic E-state index is 0.0367. The highest BCUT2D eigenvalue weighted by atomic mass is 16.6. The molecule has 1 amide bonds. The van der Waals surface area contributed by atoms with Gasteiger partial charge in [-0.25, -0.2) is 0 Å². The lowest BCUT2D eigenvalue weighted by atomic mass is 9.99. The Morgan fingerprint density at radius 1 is 0.647 bits per heavy atom. The zero-order valence-electron chi connectivity index (χ0n) is 20.8. The number of ether oxygens (including phenoxy) is 5. The molecule has 2 unspecified atom stereocenters. The molecule has 0 heterocycles. The van der Waals surface area contributed by atoms with E-state index in [0.29, 0.717) is 38.5 Å². The minimum Gasteiger partial charge on any atom is -0.463 e. The minimum atomic E-state index is -0.535. The van der Waals surface area contributed by atoms with Crippen molar-refractivity contribution in [2.45, 2.75) is 103 Å². The molecule has 0 rings (SSSR count). The zero-order chi connectivity index (χ0) is 26.1. The van der Waals surface area contributed by atoms with Gasteiger partial charge in [-0.05, 0) is 32.1 Å². The van der Waals surface area contributed by atoms with Crippen LogP contribution >= 0.6 is 0 Å². The van der Waals surface area contributed by atoms with E-state index in [9.17, 15) is 24.0 Å². The number of amides is 1. The van der Waals surface area contributed by atoms with Crippen molar-refractivity contribution in [3.8, 4) is 0 Å². The average Bonchev–Trinajstić information content (AvgIpc) is 2.68. The fourth-order valence-electron chi connectivity index (χ4n) is 3.48. The number of esters is 4. The van der Waals surface area contributed by atoms with Crippen LogP contribution in [-0.4, -0.2) is 67.9 Å². The van der Waals surface area contributed by atoms with Crippen LogP contribution in [0.4, 0.5) is 0 Å². The van der Waals surface area contributed by atoms with Crippen LogP contribution in [0, 0.1) is 0 Å². The van der Waals surface area contributed by atoms with Gasteiger partial charge in [0, 0.05) is 54.1 Å². The lowest BCUT2D eigenvalue weighted by molar-refractivity contribution is -0.153. The third-order valence-corrected chi connectivity index (χ3v) is 4.86. The molecular weight excluding hydrogens is 450 g/mol. The smallest absolute Gasteiger partial charge is 0.302 e. The first kappa shape index (κ1) is 31.3. The van der Waals surface area contributed by atoms with Crippen LogP contribution in [0.3, 0.4) is 0 Å². The Balaban J connectivity index is 5.03. The van der Waals surface area contributed by atoms with Gasteiger partial charge < -0.3 is 29.4 Å². The van der Waals surface area contributed by atoms with Crippen LogP contribution in [0.15, 0.2) is 0 Å². The van der Waals surface area contributed by atoms with E-state index in [4.69, 9.17) is 29.4 Å². The maximum absolute atomic E-state index is 11.6. The van der Waals surface area contributed by atoms with Gasteiger partial charge in [0.1, 0.15) is 24.9 Å². The highest BCUT2D eigenvalue weighted by Gasteiger charge is 2.24. The molecule has 0 aromatic carbocycles. The molecule has 4 atom stereocenters. The summed E-state index contributed by atoms with van der Waals surface area (Å²) in [4.78, 5) is 56.7. The number of carbonyl (C=O) groups excluding carboxylic acids is 5. The highest BCUT2D eigenvalue weighted by molar-refractivity contribution is 5.73. The SMILES string of the molecule is CO[C@H](COC(C)=O)C[C@H](CCCC(CC(CCCC(N)=O)OC(C)=O)OC(C)=O)OC(C)=O. The van der Waals surface area contributed by atoms with Crippen LogP contribution in [0.1, 0.15) is 79.1 Å². The molecule has 0 saturated heterocycles. The molecule has 0 radical (unpaired) electrons. The van der Waals surface area contributed by atoms with E-state index in [1.165, 1.54) is 34.8 Å². The Hall–Kier alpha value is -2.69. The number of nitrogens with two attached hydrogens (primary N) is 1. The molecule has 2 N–H and O–H groups in total. The van der Waals surface area contributed by atoms with Crippen molar-refractivity contribution in [3.05, 3.63) is 0 Å². The average molecular weight is 490 g/mol. The second-order valence-electron chi connectivity index (χ2n) is 8.12. The number of rotatable bonds is 18. The van der Waals surface area contributed by atoms with Crippen molar-refractivity contribution in [1.82, 2.24) is 0 Å². The summed E-state index contributed by atoms with van der Waals surface area (Å²) in [6, 6.07) is 0. The largest absolute Gasteiger partial charge is 0.463 e. The molecule has 11 heteroatoms. The first-order chi connectivity index (χ1) is 15.9. The summed E-state index contributed by atoms with van der Waals surface area (Å²) >= 11 is 0. The number of carbonyl (C=O) groups is 5. The molecule has 0 fully saturated rings. The van der Waals surface area contributed by atoms with Gasteiger partial charge in [-0.3, -0.25) is 24.0 Å². The summed E-state index contributed by atoms with van der Waals surface area (Å²) in [6.07, 6.45) is 1.02. The summed E-state index contributed by atoms with van der Waals surface area (Å²) in [7, 11) is 1.48. The summed E-state index contributed by atoms with van der Waals surface area (Å²) < 4.78 is 26.4. The predicted octanol–water partition coefficient (Wildman–Crippen LogP) is 1.97. The number of methoxy groups -OCH3 is 1. The van der Waals surface area contributed by atoms with Crippen LogP contribution in [-0.2, 0) is 47.7 Å². The van der Waals surface area contributed by atoms with Crippen molar-refractivity contribution in [3.63, 3.8) is 0 Å². The van der Waals surface area contributed by atoms with Gasteiger partial charge in [-0.15, -0.1) is 0 Å². The fraction of sp³-hybridized carbons (Fsp3) is 0.783. The zero-order valence-corrected chi connectivity index (χ0v) is 20.8. The second kappa shape index (κ2) is 17.7. The maximum atomic E-state index is 11.6. The van der Waals surface area contributed by atoms with E-state index in [2.05, 4.69) is 0 Å². The van der Waals surface area contributed by atoms with Crippen LogP contribution in [0.25, 0.3) is 0 Å². The van der Waals surface area contributed by atoms with Gasteiger partial charge in [0.25, 0.3) is 0 Å². The van der Waals surface area contributed by atoms with E-state index in [1.807, 2.05) is 0 Å². The Morgan fingerprint density at radius 3 is 1.41 bits per heavy atom. The van der Waals surface area contributed by atoms with E-state index in [0.717, 1.165) is 0 Å². The van der Waals surface area contributed by atoms with Crippen molar-refractivity contribution < 1.29 is 47.7 Å². The van der Waals surface area contributed by atoms with Crippen molar-refractivity contribution in [2.24, 2.45) is 5.73 Å².